The Hall–Kier alpha value is -3.06. The molecule has 0 aliphatic carbocycles. The maximum Gasteiger partial charge on any atom is 0.236 e. The molecule has 4 aromatic rings. The number of rotatable bonds is 4. The molecule has 0 fully saturated rings. The summed E-state index contributed by atoms with van der Waals surface area (Å²) in [5.41, 5.74) is 1.89. The highest BCUT2D eigenvalue weighted by Gasteiger charge is 2.14. The number of carbonyl (C=O) groups excluding carboxylic acids is 1. The van der Waals surface area contributed by atoms with Crippen LogP contribution in [0.5, 0.6) is 0 Å². The third-order valence-electron chi connectivity index (χ3n) is 3.48. The first-order valence-corrected chi connectivity index (χ1v) is 8.23. The van der Waals surface area contributed by atoms with Crippen molar-refractivity contribution in [2.75, 3.05) is 5.32 Å². The van der Waals surface area contributed by atoms with E-state index in [1.54, 1.807) is 4.52 Å². The fourth-order valence-corrected chi connectivity index (χ4v) is 3.14. The second-order valence-corrected chi connectivity index (χ2v) is 6.16. The molecule has 0 aliphatic rings. The van der Waals surface area contributed by atoms with Crippen LogP contribution in [0.15, 0.2) is 60.7 Å². The van der Waals surface area contributed by atoms with E-state index in [4.69, 9.17) is 0 Å². The van der Waals surface area contributed by atoms with Gasteiger partial charge in [0.2, 0.25) is 16.0 Å². The van der Waals surface area contributed by atoms with Gasteiger partial charge >= 0.3 is 0 Å². The quantitative estimate of drug-likeness (QED) is 0.622. The molecule has 4 rings (SSSR count). The zero-order valence-electron chi connectivity index (χ0n) is 12.6. The average molecular weight is 335 g/mol. The van der Waals surface area contributed by atoms with Crippen LogP contribution in [0, 0.1) is 0 Å². The van der Waals surface area contributed by atoms with Crippen LogP contribution in [-0.2, 0) is 11.2 Å². The Morgan fingerprint density at radius 2 is 1.71 bits per heavy atom. The van der Waals surface area contributed by atoms with Gasteiger partial charge in [-0.2, -0.15) is 4.52 Å². The number of hydrogen-bond acceptors (Lipinski definition) is 5. The minimum atomic E-state index is -0.104. The maximum absolute atomic E-state index is 12.1. The minimum Gasteiger partial charge on any atom is -0.300 e. The van der Waals surface area contributed by atoms with E-state index >= 15 is 0 Å². The molecular weight excluding hydrogens is 322 g/mol. The van der Waals surface area contributed by atoms with E-state index in [1.807, 2.05) is 60.7 Å². The number of aromatic nitrogens is 4. The number of carbonyl (C=O) groups is 1. The number of benzene rings is 2. The van der Waals surface area contributed by atoms with Crippen LogP contribution in [-0.4, -0.2) is 25.7 Å². The smallest absolute Gasteiger partial charge is 0.236 e. The first-order chi connectivity index (χ1) is 11.8. The summed E-state index contributed by atoms with van der Waals surface area (Å²) in [4.78, 5) is 12.8. The Morgan fingerprint density at radius 1 is 1.00 bits per heavy atom. The number of nitrogens with zero attached hydrogens (tertiary/aromatic N) is 4. The van der Waals surface area contributed by atoms with Gasteiger partial charge in [0.15, 0.2) is 5.82 Å². The summed E-state index contributed by atoms with van der Waals surface area (Å²) in [6.07, 6.45) is 0.312. The molecule has 0 saturated heterocycles. The van der Waals surface area contributed by atoms with Crippen molar-refractivity contribution < 1.29 is 4.79 Å². The Kier molecular flexibility index (Phi) is 3.76. The molecule has 0 saturated carbocycles. The van der Waals surface area contributed by atoms with Crippen molar-refractivity contribution in [2.24, 2.45) is 0 Å². The summed E-state index contributed by atoms with van der Waals surface area (Å²) >= 11 is 1.30. The first kappa shape index (κ1) is 14.5. The van der Waals surface area contributed by atoms with Crippen LogP contribution in [0.1, 0.15) is 5.56 Å². The molecule has 6 nitrogen and oxygen atoms in total. The maximum atomic E-state index is 12.1. The molecule has 24 heavy (non-hydrogen) atoms. The highest BCUT2D eigenvalue weighted by atomic mass is 32.1. The molecule has 7 heteroatoms. The van der Waals surface area contributed by atoms with Crippen molar-refractivity contribution in [3.8, 4) is 11.4 Å². The van der Waals surface area contributed by atoms with Crippen LogP contribution in [0.4, 0.5) is 5.13 Å². The van der Waals surface area contributed by atoms with Crippen molar-refractivity contribution >= 4 is 27.3 Å². The first-order valence-electron chi connectivity index (χ1n) is 7.41. The van der Waals surface area contributed by atoms with Crippen LogP contribution in [0.3, 0.4) is 0 Å². The largest absolute Gasteiger partial charge is 0.300 e. The number of amides is 1. The average Bonchev–Trinajstić information content (AvgIpc) is 3.16. The molecule has 0 bridgehead atoms. The van der Waals surface area contributed by atoms with Gasteiger partial charge in [-0.05, 0) is 5.56 Å². The van der Waals surface area contributed by atoms with E-state index in [1.165, 1.54) is 11.3 Å². The summed E-state index contributed by atoms with van der Waals surface area (Å²) in [6.45, 7) is 0. The van der Waals surface area contributed by atoms with Gasteiger partial charge in [-0.3, -0.25) is 4.79 Å². The van der Waals surface area contributed by atoms with Gasteiger partial charge in [0.25, 0.3) is 0 Å². The second kappa shape index (κ2) is 6.21. The normalized spacial score (nSPS) is 10.8. The van der Waals surface area contributed by atoms with E-state index in [0.29, 0.717) is 22.3 Å². The van der Waals surface area contributed by atoms with Crippen molar-refractivity contribution in [2.45, 2.75) is 6.42 Å². The Balaban J connectivity index is 1.55. The third-order valence-corrected chi connectivity index (χ3v) is 4.29. The van der Waals surface area contributed by atoms with E-state index in [9.17, 15) is 4.79 Å². The van der Waals surface area contributed by atoms with Gasteiger partial charge < -0.3 is 5.32 Å². The molecule has 118 valence electrons. The van der Waals surface area contributed by atoms with Gasteiger partial charge in [-0.15, -0.1) is 15.3 Å². The minimum absolute atomic E-state index is 0.104. The van der Waals surface area contributed by atoms with Crippen molar-refractivity contribution in [3.05, 3.63) is 66.2 Å². The lowest BCUT2D eigenvalue weighted by molar-refractivity contribution is -0.115. The molecule has 2 aromatic heterocycles. The van der Waals surface area contributed by atoms with Crippen LogP contribution < -0.4 is 5.32 Å². The van der Waals surface area contributed by atoms with Gasteiger partial charge in [0.05, 0.1) is 6.42 Å². The standard InChI is InChI=1S/C17H13N5OS/c23-14(11-12-7-3-1-4-8-12)18-16-21-22-15(19-20-17(22)24-16)13-9-5-2-6-10-13/h1-10H,11H2,(H,18,21,23). The Bertz CT molecular complexity index is 978. The molecule has 0 radical (unpaired) electrons. The monoisotopic (exact) mass is 335 g/mol. The fraction of sp³-hybridized carbons (Fsp3) is 0.0588. The summed E-state index contributed by atoms with van der Waals surface area (Å²) in [5, 5.41) is 16.0. The van der Waals surface area contributed by atoms with Crippen molar-refractivity contribution in [1.82, 2.24) is 19.8 Å². The lowest BCUT2D eigenvalue weighted by Crippen LogP contribution is -2.14. The molecule has 0 atom stereocenters. The topological polar surface area (TPSA) is 72.2 Å². The highest BCUT2D eigenvalue weighted by Crippen LogP contribution is 2.23. The van der Waals surface area contributed by atoms with E-state index in [-0.39, 0.29) is 5.91 Å². The van der Waals surface area contributed by atoms with Crippen LogP contribution >= 0.6 is 11.3 Å². The zero-order chi connectivity index (χ0) is 16.4. The van der Waals surface area contributed by atoms with Crippen molar-refractivity contribution in [1.29, 1.82) is 0 Å². The predicted octanol–water partition coefficient (Wildman–Crippen LogP) is 3.03. The number of hydrogen-bond donors (Lipinski definition) is 1. The lowest BCUT2D eigenvalue weighted by Gasteiger charge is -2.01. The van der Waals surface area contributed by atoms with E-state index in [0.717, 1.165) is 11.1 Å². The number of nitrogens with one attached hydrogen (secondary N) is 1. The predicted molar refractivity (Wildman–Crippen MR) is 92.9 cm³/mol. The van der Waals surface area contributed by atoms with Gasteiger partial charge in [-0.1, -0.05) is 72.0 Å². The Morgan fingerprint density at radius 3 is 2.46 bits per heavy atom. The van der Waals surface area contributed by atoms with Crippen molar-refractivity contribution in [3.63, 3.8) is 0 Å². The summed E-state index contributed by atoms with van der Waals surface area (Å²) in [7, 11) is 0. The van der Waals surface area contributed by atoms with Gasteiger partial charge in [0.1, 0.15) is 0 Å². The molecule has 0 unspecified atom stereocenters. The lowest BCUT2D eigenvalue weighted by atomic mass is 10.1. The fourth-order valence-electron chi connectivity index (χ4n) is 2.38. The number of anilines is 1. The highest BCUT2D eigenvalue weighted by molar-refractivity contribution is 7.20. The van der Waals surface area contributed by atoms with Crippen LogP contribution in [0.2, 0.25) is 0 Å². The molecule has 2 heterocycles. The molecule has 0 spiro atoms. The molecule has 2 aromatic carbocycles. The molecular formula is C17H13N5OS. The summed E-state index contributed by atoms with van der Waals surface area (Å²) in [5.74, 6) is 0.554. The summed E-state index contributed by atoms with van der Waals surface area (Å²) < 4.78 is 1.65. The summed E-state index contributed by atoms with van der Waals surface area (Å²) in [6, 6.07) is 19.3. The third kappa shape index (κ3) is 2.89. The Labute approximate surface area is 141 Å². The SMILES string of the molecule is O=C(Cc1ccccc1)Nc1nn2c(-c3ccccc3)nnc2s1. The van der Waals surface area contributed by atoms with E-state index in [2.05, 4.69) is 20.6 Å². The second-order valence-electron chi connectivity index (χ2n) is 5.20. The molecule has 1 N–H and O–H groups in total. The van der Waals surface area contributed by atoms with Crippen LogP contribution in [0.25, 0.3) is 16.3 Å². The van der Waals surface area contributed by atoms with Gasteiger partial charge in [-0.25, -0.2) is 0 Å². The molecule has 1 amide bonds. The van der Waals surface area contributed by atoms with E-state index < -0.39 is 0 Å². The van der Waals surface area contributed by atoms with Gasteiger partial charge in [0, 0.05) is 5.56 Å². The molecule has 0 aliphatic heterocycles. The zero-order valence-corrected chi connectivity index (χ0v) is 13.4. The number of fused-ring (bicyclic) bond motifs is 1.